The summed E-state index contributed by atoms with van der Waals surface area (Å²) < 4.78 is 56.7. The Hall–Kier alpha value is -17.2. The summed E-state index contributed by atoms with van der Waals surface area (Å²) in [6.45, 7) is 11.4. The molecule has 0 atom stereocenters. The largest absolute Gasteiger partial charge is 0.508 e. The molecule has 0 saturated heterocycles. The Balaban J connectivity index is 0.000000123. The zero-order valence-electron chi connectivity index (χ0n) is 76.5. The number of ether oxygens (including phenoxy) is 10. The highest BCUT2D eigenvalue weighted by atomic mass is 16.5. The first-order valence-electron chi connectivity index (χ1n) is 43.7. The monoisotopic (exact) mass is 1820 g/mol. The van der Waals surface area contributed by atoms with Crippen LogP contribution in [0.25, 0.3) is 55.7 Å². The molecule has 0 bridgehead atoms. The average Bonchev–Trinajstić information content (AvgIpc) is 0.768. The second kappa shape index (κ2) is 40.3. The molecule has 0 radical (unpaired) electrons. The maximum atomic E-state index is 10.1. The fourth-order valence-corrected chi connectivity index (χ4v) is 17.2. The lowest BCUT2D eigenvalue weighted by atomic mass is 9.86. The Labute approximate surface area is 787 Å². The number of hydrogen-bond donors (Lipinski definition) is 11. The minimum absolute atomic E-state index is 0.140. The summed E-state index contributed by atoms with van der Waals surface area (Å²) >= 11 is 0. The van der Waals surface area contributed by atoms with Crippen LogP contribution >= 0.6 is 0 Å². The van der Waals surface area contributed by atoms with Gasteiger partial charge in [0, 0.05) is 84.1 Å². The number of methoxy groups -OCH3 is 5. The lowest BCUT2D eigenvalue weighted by molar-refractivity contribution is 0.357. The number of hydrogen-bond acceptors (Lipinski definition) is 21. The molecule has 0 spiro atoms. The fraction of sp³-hybridized carbons (Fsp3) is 0.130. The number of nitrogen functional groups attached to an aromatic ring is 1. The minimum atomic E-state index is -0.188. The molecule has 686 valence electrons. The SMILES string of the molecule is COc1ccc(C2=C(c3ccc(O)c(O)c3)COc3c2ccc(C)c3C)cc1.COc1ccc(C2=C(c3ccc(O)c(O)c3)COc3c2ccc(O)c3C)cc1.COc1ccc(C2=C(c3cccc(O)c3)COc3c2ccc(O)c3C)cc1.COc1ccc(C2=C(c3cccc(OC)c3)COc3c2ccc(O)c3C)cc1.Nc1cccc(C2=C(c3ccc(O)cc3)COc3cc(O)ccc32)c1. The maximum absolute atomic E-state index is 10.1. The highest BCUT2D eigenvalue weighted by Gasteiger charge is 2.32. The number of fused-ring (bicyclic) bond motifs is 5. The molecule has 136 heavy (non-hydrogen) atoms. The molecule has 0 fully saturated rings. The minimum Gasteiger partial charge on any atom is -0.508 e. The third-order valence-corrected chi connectivity index (χ3v) is 24.6. The standard InChI is InChI=1S/2C24H22O4.C23H20O5.C23H20O4.C21H17NO3/c1-14-4-10-19-23(16-5-8-18(27-3)9-6-16)20(13-28-24(19)15(14)2)17-7-11-21(25)22(26)12-17;1-15-22(25)12-11-20-23(16-7-9-18(26-2)10-8-16)21(14-28-24(15)20)17-5-4-6-19(13-17)27-3;1-13-19(24)10-8-17-22(14-3-6-16(27-2)7-4-14)18(12-28-23(13)17)15-5-9-20(25)21(26)11-15;1-14-21(25)11-10-19-22(15-6-8-18(26-2)9-7-15)20(13-27-23(14)19)16-4-3-5-17(24)12-16;22-15-3-1-2-14(10-15)21-18-9-8-17(24)11-20(18)25-12-19(21)13-4-6-16(23)7-5-13/h4-12,25-26H,13H2,1-3H3;4-13,25H,14H2,1-3H3;3-11,24-26H,12H2,1-2H3;3-12,24-25H,13H2,1-2H3;1-11,23-24H,12,22H2. The van der Waals surface area contributed by atoms with E-state index in [9.17, 15) is 51.1 Å². The van der Waals surface area contributed by atoms with Gasteiger partial charge in [-0.1, -0.05) is 121 Å². The van der Waals surface area contributed by atoms with Crippen molar-refractivity contribution >= 4 is 61.4 Å². The van der Waals surface area contributed by atoms with Crippen molar-refractivity contribution in [2.24, 2.45) is 0 Å². The van der Waals surface area contributed by atoms with Gasteiger partial charge in [-0.25, -0.2) is 0 Å². The van der Waals surface area contributed by atoms with E-state index >= 15 is 0 Å². The number of benzene rings is 15. The molecule has 0 aliphatic carbocycles. The van der Waals surface area contributed by atoms with Gasteiger partial charge in [0.25, 0.3) is 0 Å². The van der Waals surface area contributed by atoms with Gasteiger partial charge >= 0.3 is 0 Å². The van der Waals surface area contributed by atoms with Crippen LogP contribution in [0.15, 0.2) is 297 Å². The van der Waals surface area contributed by atoms with Crippen molar-refractivity contribution in [3.05, 3.63) is 409 Å². The molecule has 20 rings (SSSR count). The summed E-state index contributed by atoms with van der Waals surface area (Å²) in [7, 11) is 8.23. The van der Waals surface area contributed by atoms with Gasteiger partial charge in [0.1, 0.15) is 125 Å². The van der Waals surface area contributed by atoms with Crippen LogP contribution in [0.3, 0.4) is 0 Å². The summed E-state index contributed by atoms with van der Waals surface area (Å²) in [6.07, 6.45) is 0. The van der Waals surface area contributed by atoms with Crippen molar-refractivity contribution in [1.82, 2.24) is 0 Å². The smallest absolute Gasteiger partial charge is 0.158 e. The second-order valence-corrected chi connectivity index (χ2v) is 32.8. The van der Waals surface area contributed by atoms with E-state index in [1.165, 1.54) is 23.8 Å². The number of aryl methyl sites for hydroxylation is 1. The van der Waals surface area contributed by atoms with Crippen LogP contribution in [0.2, 0.25) is 0 Å². The van der Waals surface area contributed by atoms with Crippen LogP contribution in [0, 0.1) is 34.6 Å². The van der Waals surface area contributed by atoms with Gasteiger partial charge in [-0.05, 0) is 299 Å². The van der Waals surface area contributed by atoms with Gasteiger partial charge in [0.15, 0.2) is 23.0 Å². The molecule has 0 aromatic heterocycles. The Morgan fingerprint density at radius 3 is 0.912 bits per heavy atom. The summed E-state index contributed by atoms with van der Waals surface area (Å²) in [5.74, 6) is 8.07. The first-order valence-corrected chi connectivity index (χ1v) is 43.7. The van der Waals surface area contributed by atoms with Crippen LogP contribution in [-0.4, -0.2) is 120 Å². The normalized spacial score (nSPS) is 13.1. The first-order chi connectivity index (χ1) is 65.8. The van der Waals surface area contributed by atoms with E-state index < -0.39 is 0 Å². The molecular weight excluding hydrogens is 1720 g/mol. The van der Waals surface area contributed by atoms with Gasteiger partial charge in [-0.3, -0.25) is 0 Å². The molecule has 0 amide bonds. The van der Waals surface area contributed by atoms with E-state index in [4.69, 9.17) is 53.1 Å². The Kier molecular flexibility index (Phi) is 27.3. The highest BCUT2D eigenvalue weighted by Crippen LogP contribution is 2.52. The summed E-state index contributed by atoms with van der Waals surface area (Å²) in [5.41, 5.74) is 35.3. The van der Waals surface area contributed by atoms with Crippen LogP contribution in [0.4, 0.5) is 5.69 Å². The maximum Gasteiger partial charge on any atom is 0.158 e. The predicted octanol–water partition coefficient (Wildman–Crippen LogP) is 23.4. The lowest BCUT2D eigenvalue weighted by Gasteiger charge is -2.27. The second-order valence-electron chi connectivity index (χ2n) is 32.8. The van der Waals surface area contributed by atoms with E-state index in [1.807, 2.05) is 209 Å². The molecule has 0 unspecified atom stereocenters. The quantitative estimate of drug-likeness (QED) is 0.0335. The molecule has 5 heterocycles. The van der Waals surface area contributed by atoms with E-state index in [0.717, 1.165) is 191 Å². The summed E-state index contributed by atoms with van der Waals surface area (Å²) in [6, 6.07) is 90.9. The average molecular weight is 1820 g/mol. The van der Waals surface area contributed by atoms with Gasteiger partial charge < -0.3 is 104 Å². The fourth-order valence-electron chi connectivity index (χ4n) is 17.2. The van der Waals surface area contributed by atoms with Gasteiger partial charge in [-0.2, -0.15) is 0 Å². The zero-order chi connectivity index (χ0) is 95.7. The number of aromatic hydroxyl groups is 10. The van der Waals surface area contributed by atoms with Crippen LogP contribution < -0.4 is 53.1 Å². The predicted molar refractivity (Wildman–Crippen MR) is 531 cm³/mol. The van der Waals surface area contributed by atoms with Crippen LogP contribution in [0.5, 0.6) is 115 Å². The molecule has 15 aromatic carbocycles. The van der Waals surface area contributed by atoms with Gasteiger partial charge in [-0.15, -0.1) is 0 Å². The van der Waals surface area contributed by atoms with E-state index in [0.29, 0.717) is 60.5 Å². The van der Waals surface area contributed by atoms with E-state index in [1.54, 1.807) is 108 Å². The molecule has 21 nitrogen and oxygen atoms in total. The Bertz CT molecular complexity index is 7030. The zero-order valence-corrected chi connectivity index (χ0v) is 76.5. The number of nitrogens with two attached hydrogens (primary N) is 1. The third kappa shape index (κ3) is 19.3. The van der Waals surface area contributed by atoms with Crippen molar-refractivity contribution < 1.29 is 98.4 Å². The van der Waals surface area contributed by atoms with Gasteiger partial charge in [0.05, 0.1) is 35.5 Å². The lowest BCUT2D eigenvalue weighted by Crippen LogP contribution is -2.13. The third-order valence-electron chi connectivity index (χ3n) is 24.6. The molecule has 21 heteroatoms. The Morgan fingerprint density at radius 2 is 0.522 bits per heavy atom. The van der Waals surface area contributed by atoms with Crippen LogP contribution in [0.1, 0.15) is 111 Å². The van der Waals surface area contributed by atoms with Crippen molar-refractivity contribution in [1.29, 1.82) is 0 Å². The highest BCUT2D eigenvalue weighted by molar-refractivity contribution is 6.07. The Morgan fingerprint density at radius 1 is 0.221 bits per heavy atom. The van der Waals surface area contributed by atoms with Crippen molar-refractivity contribution in [3.8, 4) is 115 Å². The summed E-state index contributed by atoms with van der Waals surface area (Å²) in [4.78, 5) is 0. The molecule has 0 saturated carbocycles. The van der Waals surface area contributed by atoms with E-state index in [2.05, 4.69) is 32.0 Å². The number of anilines is 1. The topological polar surface area (TPSA) is 321 Å². The molecule has 5 aliphatic rings. The number of rotatable bonds is 15. The molecule has 15 aromatic rings. The number of phenols is 10. The molecule has 12 N–H and O–H groups in total. The van der Waals surface area contributed by atoms with Gasteiger partial charge in [0.2, 0.25) is 0 Å². The van der Waals surface area contributed by atoms with Crippen molar-refractivity contribution in [3.63, 3.8) is 0 Å². The molecular formula is C115H101NO20. The molecule has 5 aliphatic heterocycles. The van der Waals surface area contributed by atoms with Crippen molar-refractivity contribution in [2.45, 2.75) is 34.6 Å². The van der Waals surface area contributed by atoms with Crippen LogP contribution in [-0.2, 0) is 0 Å². The summed E-state index contributed by atoms with van der Waals surface area (Å²) in [5, 5.41) is 98.9. The first kappa shape index (κ1) is 92.1. The van der Waals surface area contributed by atoms with Crippen molar-refractivity contribution in [2.75, 3.05) is 74.3 Å². The number of phenolic OH excluding ortho intramolecular Hbond substituents is 10. The van der Waals surface area contributed by atoms with E-state index in [-0.39, 0.29) is 64.1 Å².